The van der Waals surface area contributed by atoms with E-state index >= 15 is 0 Å². The van der Waals surface area contributed by atoms with Crippen LogP contribution in [0.15, 0.2) is 89.4 Å². The largest absolute Gasteiger partial charge is 0.354 e. The standard InChI is InChI=1S/C22H18BrNO/c1-16-9-8-14-19(22(16)23)24-20(17-10-4-2-5-11-17)15-21(25)18-12-6-3-7-13-18/h2-15,24H,1H3/b20-15-. The highest BCUT2D eigenvalue weighted by molar-refractivity contribution is 9.10. The van der Waals surface area contributed by atoms with Crippen LogP contribution in [-0.2, 0) is 0 Å². The van der Waals surface area contributed by atoms with E-state index in [-0.39, 0.29) is 5.78 Å². The number of allylic oxidation sites excluding steroid dienone is 1. The van der Waals surface area contributed by atoms with E-state index in [1.807, 2.05) is 85.8 Å². The summed E-state index contributed by atoms with van der Waals surface area (Å²) >= 11 is 3.62. The minimum absolute atomic E-state index is 0.0317. The van der Waals surface area contributed by atoms with Crippen molar-refractivity contribution in [3.8, 4) is 0 Å². The van der Waals surface area contributed by atoms with E-state index in [1.54, 1.807) is 6.08 Å². The number of hydrogen-bond donors (Lipinski definition) is 1. The van der Waals surface area contributed by atoms with Crippen molar-refractivity contribution in [1.82, 2.24) is 0 Å². The maximum Gasteiger partial charge on any atom is 0.187 e. The van der Waals surface area contributed by atoms with Crippen LogP contribution < -0.4 is 5.32 Å². The van der Waals surface area contributed by atoms with Gasteiger partial charge in [0.15, 0.2) is 5.78 Å². The minimum Gasteiger partial charge on any atom is -0.354 e. The third-order valence-corrected chi connectivity index (χ3v) is 4.93. The van der Waals surface area contributed by atoms with Gasteiger partial charge in [0.25, 0.3) is 0 Å². The Morgan fingerprint density at radius 3 is 2.08 bits per heavy atom. The minimum atomic E-state index is -0.0317. The number of hydrogen-bond acceptors (Lipinski definition) is 2. The number of benzene rings is 3. The quantitative estimate of drug-likeness (QED) is 0.420. The molecule has 25 heavy (non-hydrogen) atoms. The van der Waals surface area contributed by atoms with Crippen molar-refractivity contribution in [2.45, 2.75) is 6.92 Å². The number of ketones is 1. The van der Waals surface area contributed by atoms with Crippen molar-refractivity contribution in [3.05, 3.63) is 106 Å². The molecule has 3 aromatic rings. The first-order chi connectivity index (χ1) is 12.1. The molecule has 0 aliphatic heterocycles. The Kier molecular flexibility index (Phi) is 5.46. The number of aryl methyl sites for hydroxylation is 1. The summed E-state index contributed by atoms with van der Waals surface area (Å²) in [6, 6.07) is 25.2. The zero-order chi connectivity index (χ0) is 17.6. The molecule has 0 saturated heterocycles. The number of carbonyl (C=O) groups excluding carboxylic acids is 1. The predicted octanol–water partition coefficient (Wildman–Crippen LogP) is 6.09. The van der Waals surface area contributed by atoms with Gasteiger partial charge in [-0.15, -0.1) is 0 Å². The molecule has 2 nitrogen and oxygen atoms in total. The number of anilines is 1. The van der Waals surface area contributed by atoms with Gasteiger partial charge in [0, 0.05) is 21.8 Å². The zero-order valence-corrected chi connectivity index (χ0v) is 15.5. The summed E-state index contributed by atoms with van der Waals surface area (Å²) in [4.78, 5) is 12.6. The van der Waals surface area contributed by atoms with Gasteiger partial charge in [0.1, 0.15) is 0 Å². The Balaban J connectivity index is 2.00. The zero-order valence-electron chi connectivity index (χ0n) is 13.9. The third kappa shape index (κ3) is 4.25. The van der Waals surface area contributed by atoms with Gasteiger partial charge in [-0.05, 0) is 40.0 Å². The van der Waals surface area contributed by atoms with Crippen LogP contribution in [0.4, 0.5) is 5.69 Å². The molecule has 0 aromatic heterocycles. The van der Waals surface area contributed by atoms with Crippen molar-refractivity contribution in [1.29, 1.82) is 0 Å². The highest BCUT2D eigenvalue weighted by Crippen LogP contribution is 2.29. The smallest absolute Gasteiger partial charge is 0.187 e. The monoisotopic (exact) mass is 391 g/mol. The lowest BCUT2D eigenvalue weighted by Crippen LogP contribution is -2.04. The van der Waals surface area contributed by atoms with E-state index in [2.05, 4.69) is 21.2 Å². The van der Waals surface area contributed by atoms with Crippen LogP contribution in [0.2, 0.25) is 0 Å². The van der Waals surface area contributed by atoms with Crippen LogP contribution in [0.1, 0.15) is 21.5 Å². The van der Waals surface area contributed by atoms with E-state index in [4.69, 9.17) is 0 Å². The first-order valence-corrected chi connectivity index (χ1v) is 8.83. The molecule has 0 spiro atoms. The van der Waals surface area contributed by atoms with Crippen LogP contribution >= 0.6 is 15.9 Å². The number of halogens is 1. The fourth-order valence-corrected chi connectivity index (χ4v) is 2.88. The second-order valence-electron chi connectivity index (χ2n) is 5.72. The van der Waals surface area contributed by atoms with Crippen molar-refractivity contribution in [2.24, 2.45) is 0 Å². The maximum atomic E-state index is 12.6. The maximum absolute atomic E-state index is 12.6. The summed E-state index contributed by atoms with van der Waals surface area (Å²) in [5.74, 6) is -0.0317. The van der Waals surface area contributed by atoms with E-state index in [9.17, 15) is 4.79 Å². The highest BCUT2D eigenvalue weighted by Gasteiger charge is 2.10. The molecule has 0 fully saturated rings. The molecular weight excluding hydrogens is 374 g/mol. The number of carbonyl (C=O) groups is 1. The summed E-state index contributed by atoms with van der Waals surface area (Å²) in [7, 11) is 0. The summed E-state index contributed by atoms with van der Waals surface area (Å²) in [6.07, 6.45) is 1.65. The molecule has 0 heterocycles. The second kappa shape index (κ2) is 7.95. The number of nitrogens with one attached hydrogen (secondary N) is 1. The molecule has 0 bridgehead atoms. The molecule has 3 aromatic carbocycles. The fourth-order valence-electron chi connectivity index (χ4n) is 2.52. The molecule has 0 aliphatic carbocycles. The first-order valence-electron chi connectivity index (χ1n) is 8.04. The summed E-state index contributed by atoms with van der Waals surface area (Å²) in [5.41, 5.74) is 4.45. The van der Waals surface area contributed by atoms with Gasteiger partial charge in [0.2, 0.25) is 0 Å². The lowest BCUT2D eigenvalue weighted by atomic mass is 10.1. The molecule has 0 aliphatic rings. The molecule has 0 amide bonds. The van der Waals surface area contributed by atoms with Crippen molar-refractivity contribution in [3.63, 3.8) is 0 Å². The van der Waals surface area contributed by atoms with Crippen molar-refractivity contribution >= 4 is 33.1 Å². The molecule has 0 saturated carbocycles. The normalized spacial score (nSPS) is 11.2. The molecule has 1 N–H and O–H groups in total. The Labute approximate surface area is 156 Å². The van der Waals surface area contributed by atoms with E-state index in [0.717, 1.165) is 27.0 Å². The van der Waals surface area contributed by atoms with E-state index in [0.29, 0.717) is 5.56 Å². The molecule has 0 unspecified atom stereocenters. The Hall–Kier alpha value is -2.65. The topological polar surface area (TPSA) is 29.1 Å². The molecule has 0 atom stereocenters. The SMILES string of the molecule is Cc1cccc(N/C(=C\C(=O)c2ccccc2)c2ccccc2)c1Br. The van der Waals surface area contributed by atoms with E-state index in [1.165, 1.54) is 0 Å². The van der Waals surface area contributed by atoms with Gasteiger partial charge in [0.05, 0.1) is 5.69 Å². The molecule has 3 rings (SSSR count). The fraction of sp³-hybridized carbons (Fsp3) is 0.0455. The lowest BCUT2D eigenvalue weighted by molar-refractivity contribution is 0.104. The Morgan fingerprint density at radius 2 is 1.44 bits per heavy atom. The van der Waals surface area contributed by atoms with E-state index < -0.39 is 0 Å². The predicted molar refractivity (Wildman–Crippen MR) is 108 cm³/mol. The van der Waals surface area contributed by atoms with Gasteiger partial charge in [-0.2, -0.15) is 0 Å². The van der Waals surface area contributed by atoms with Gasteiger partial charge in [-0.3, -0.25) is 4.79 Å². The highest BCUT2D eigenvalue weighted by atomic mass is 79.9. The van der Waals surface area contributed by atoms with Crippen LogP contribution in [0.25, 0.3) is 5.70 Å². The Morgan fingerprint density at radius 1 is 0.840 bits per heavy atom. The number of rotatable bonds is 5. The molecule has 124 valence electrons. The van der Waals surface area contributed by atoms with Crippen LogP contribution in [-0.4, -0.2) is 5.78 Å². The third-order valence-electron chi connectivity index (χ3n) is 3.88. The molecule has 3 heteroatoms. The first kappa shape index (κ1) is 17.2. The molecular formula is C22H18BrNO. The molecule has 0 radical (unpaired) electrons. The van der Waals surface area contributed by atoms with Crippen LogP contribution in [0, 0.1) is 6.92 Å². The van der Waals surface area contributed by atoms with Gasteiger partial charge in [-0.1, -0.05) is 72.8 Å². The summed E-state index contributed by atoms with van der Waals surface area (Å²) in [6.45, 7) is 2.04. The second-order valence-corrected chi connectivity index (χ2v) is 6.51. The van der Waals surface area contributed by atoms with Crippen molar-refractivity contribution in [2.75, 3.05) is 5.32 Å². The van der Waals surface area contributed by atoms with Gasteiger partial charge >= 0.3 is 0 Å². The van der Waals surface area contributed by atoms with Gasteiger partial charge in [-0.25, -0.2) is 0 Å². The summed E-state index contributed by atoms with van der Waals surface area (Å²) < 4.78 is 0.990. The van der Waals surface area contributed by atoms with Crippen molar-refractivity contribution < 1.29 is 4.79 Å². The van der Waals surface area contributed by atoms with Crippen LogP contribution in [0.5, 0.6) is 0 Å². The summed E-state index contributed by atoms with van der Waals surface area (Å²) in [5, 5.41) is 3.40. The average Bonchev–Trinajstić information content (AvgIpc) is 2.66. The van der Waals surface area contributed by atoms with Gasteiger partial charge < -0.3 is 5.32 Å². The average molecular weight is 392 g/mol. The Bertz CT molecular complexity index is 902. The lowest BCUT2D eigenvalue weighted by Gasteiger charge is -2.14. The van der Waals surface area contributed by atoms with Crippen LogP contribution in [0.3, 0.4) is 0 Å².